The third kappa shape index (κ3) is 5.56. The molecule has 1 aliphatic heterocycles. The lowest BCUT2D eigenvalue weighted by atomic mass is 9.72. The average Bonchev–Trinajstić information content (AvgIpc) is 3.38. The van der Waals surface area contributed by atoms with Gasteiger partial charge >= 0.3 is 11.9 Å². The monoisotopic (exact) mass is 557 g/mol. The molecule has 10 nitrogen and oxygen atoms in total. The molecule has 1 N–H and O–H groups in total. The van der Waals surface area contributed by atoms with Crippen molar-refractivity contribution in [2.24, 2.45) is 0 Å². The predicted octanol–water partition coefficient (Wildman–Crippen LogP) is 3.43. The summed E-state index contributed by atoms with van der Waals surface area (Å²) >= 11 is 3.42. The number of rotatable bonds is 8. The van der Waals surface area contributed by atoms with Gasteiger partial charge in [0, 0.05) is 24.5 Å². The molecule has 1 aliphatic rings. The molecule has 4 rings (SSSR count). The fraction of sp³-hybridized carbons (Fsp3) is 0.320. The Bertz CT molecular complexity index is 1250. The number of hydrogen-bond donors (Lipinski definition) is 1. The Morgan fingerprint density at radius 3 is 2.50 bits per heavy atom. The van der Waals surface area contributed by atoms with Crippen LogP contribution in [-0.4, -0.2) is 64.3 Å². The van der Waals surface area contributed by atoms with Gasteiger partial charge in [0.2, 0.25) is 0 Å². The number of aromatic nitrogens is 2. The van der Waals surface area contributed by atoms with E-state index in [-0.39, 0.29) is 18.4 Å². The summed E-state index contributed by atoms with van der Waals surface area (Å²) < 4.78 is 16.7. The minimum Gasteiger partial charge on any atom is -0.481 e. The van der Waals surface area contributed by atoms with Gasteiger partial charge < -0.3 is 24.0 Å². The Balaban J connectivity index is 1.64. The molecule has 36 heavy (non-hydrogen) atoms. The first-order chi connectivity index (χ1) is 17.3. The highest BCUT2D eigenvalue weighted by atomic mass is 79.9. The highest BCUT2D eigenvalue weighted by Crippen LogP contribution is 2.42. The minimum atomic E-state index is -1.10. The molecule has 11 heteroatoms. The molecular formula is C25H24BrN3O7. The van der Waals surface area contributed by atoms with Gasteiger partial charge in [-0.25, -0.2) is 4.79 Å². The molecule has 0 aliphatic carbocycles. The maximum Gasteiger partial charge on any atom is 0.341 e. The van der Waals surface area contributed by atoms with E-state index in [0.29, 0.717) is 43.1 Å². The van der Waals surface area contributed by atoms with Crippen molar-refractivity contribution in [2.45, 2.75) is 25.2 Å². The summed E-state index contributed by atoms with van der Waals surface area (Å²) in [4.78, 5) is 41.0. The largest absolute Gasteiger partial charge is 0.481 e. The van der Waals surface area contributed by atoms with E-state index in [1.54, 1.807) is 23.1 Å². The number of aliphatic carboxylic acids is 1. The van der Waals surface area contributed by atoms with Gasteiger partial charge in [-0.2, -0.15) is 4.98 Å². The summed E-state index contributed by atoms with van der Waals surface area (Å²) in [5, 5.41) is 13.3. The Labute approximate surface area is 215 Å². The lowest BCUT2D eigenvalue weighted by Crippen LogP contribution is -2.47. The number of carbonyl (C=O) groups is 3. The van der Waals surface area contributed by atoms with Crippen LogP contribution in [0.3, 0.4) is 0 Å². The van der Waals surface area contributed by atoms with Crippen molar-refractivity contribution >= 4 is 33.8 Å². The normalized spacial score (nSPS) is 14.8. The predicted molar refractivity (Wildman–Crippen MR) is 130 cm³/mol. The number of halogens is 1. The van der Waals surface area contributed by atoms with Crippen LogP contribution in [0, 0.1) is 0 Å². The standard InChI is InChI=1S/C25H24BrN3O7/c1-16(30)34-14-21(31)29-11-9-25(10-12-29,17-5-3-2-4-6-17)24-27-23(36-28-24)19-13-18(26)7-8-20(19)35-15-22(32)33/h2-8,13H,9-12,14-15H2,1H3,(H,32,33). The molecule has 3 aromatic rings. The van der Waals surface area contributed by atoms with Crippen molar-refractivity contribution in [3.05, 3.63) is 64.4 Å². The van der Waals surface area contributed by atoms with Crippen LogP contribution < -0.4 is 4.74 Å². The Morgan fingerprint density at radius 1 is 1.11 bits per heavy atom. The van der Waals surface area contributed by atoms with Gasteiger partial charge in [0.25, 0.3) is 11.8 Å². The average molecular weight is 558 g/mol. The zero-order valence-electron chi connectivity index (χ0n) is 19.5. The molecule has 1 saturated heterocycles. The van der Waals surface area contributed by atoms with Crippen molar-refractivity contribution in [3.63, 3.8) is 0 Å². The molecule has 0 radical (unpaired) electrons. The highest BCUT2D eigenvalue weighted by Gasteiger charge is 2.43. The summed E-state index contributed by atoms with van der Waals surface area (Å²) in [6.07, 6.45) is 1.06. The first kappa shape index (κ1) is 25.4. The van der Waals surface area contributed by atoms with Crippen LogP contribution in [0.15, 0.2) is 57.5 Å². The highest BCUT2D eigenvalue weighted by molar-refractivity contribution is 9.10. The van der Waals surface area contributed by atoms with Gasteiger partial charge in [-0.1, -0.05) is 51.4 Å². The van der Waals surface area contributed by atoms with Crippen molar-refractivity contribution in [1.82, 2.24) is 15.0 Å². The first-order valence-corrected chi connectivity index (χ1v) is 12.0. The summed E-state index contributed by atoms with van der Waals surface area (Å²) in [7, 11) is 0. The van der Waals surface area contributed by atoms with Gasteiger partial charge in [0.1, 0.15) is 5.75 Å². The number of nitrogens with zero attached hydrogens (tertiary/aromatic N) is 3. The molecule has 1 fully saturated rings. The fourth-order valence-corrected chi connectivity index (χ4v) is 4.61. The lowest BCUT2D eigenvalue weighted by Gasteiger charge is -2.40. The molecule has 2 heterocycles. The number of esters is 1. The maximum absolute atomic E-state index is 12.5. The Kier molecular flexibility index (Phi) is 7.68. The van der Waals surface area contributed by atoms with Crippen LogP contribution in [0.4, 0.5) is 0 Å². The topological polar surface area (TPSA) is 132 Å². The smallest absolute Gasteiger partial charge is 0.341 e. The minimum absolute atomic E-state index is 0.190. The number of ether oxygens (including phenoxy) is 2. The second-order valence-corrected chi connectivity index (χ2v) is 9.27. The van der Waals surface area contributed by atoms with Crippen molar-refractivity contribution < 1.29 is 33.5 Å². The van der Waals surface area contributed by atoms with E-state index >= 15 is 0 Å². The van der Waals surface area contributed by atoms with E-state index in [0.717, 1.165) is 10.0 Å². The number of carboxylic acid groups (broad SMARTS) is 1. The second-order valence-electron chi connectivity index (χ2n) is 8.36. The fourth-order valence-electron chi connectivity index (χ4n) is 4.25. The Hall–Kier alpha value is -3.73. The number of benzene rings is 2. The number of likely N-dealkylation sites (tertiary alicyclic amines) is 1. The first-order valence-electron chi connectivity index (χ1n) is 11.2. The Morgan fingerprint density at radius 2 is 1.83 bits per heavy atom. The van der Waals surface area contributed by atoms with Crippen LogP contribution in [-0.2, 0) is 24.5 Å². The number of carbonyl (C=O) groups excluding carboxylic acids is 2. The number of amides is 1. The lowest BCUT2D eigenvalue weighted by molar-refractivity contribution is -0.150. The molecule has 0 saturated carbocycles. The van der Waals surface area contributed by atoms with Gasteiger partial charge in [0.05, 0.1) is 11.0 Å². The van der Waals surface area contributed by atoms with Crippen molar-refractivity contribution in [3.8, 4) is 17.2 Å². The van der Waals surface area contributed by atoms with Crippen LogP contribution in [0.25, 0.3) is 11.5 Å². The summed E-state index contributed by atoms with van der Waals surface area (Å²) in [6, 6.07) is 14.9. The zero-order valence-corrected chi connectivity index (χ0v) is 21.1. The molecule has 2 aromatic carbocycles. The van der Waals surface area contributed by atoms with E-state index in [2.05, 4.69) is 21.1 Å². The number of piperidine rings is 1. The number of carboxylic acids is 1. The molecule has 0 unspecified atom stereocenters. The SMILES string of the molecule is CC(=O)OCC(=O)N1CCC(c2ccccc2)(c2noc(-c3cc(Br)ccc3OCC(=O)O)n2)CC1. The van der Waals surface area contributed by atoms with E-state index in [1.807, 2.05) is 30.3 Å². The third-order valence-electron chi connectivity index (χ3n) is 6.07. The zero-order chi connectivity index (χ0) is 25.7. The molecule has 0 bridgehead atoms. The van der Waals surface area contributed by atoms with Crippen LogP contribution >= 0.6 is 15.9 Å². The maximum atomic E-state index is 12.5. The molecule has 0 atom stereocenters. The summed E-state index contributed by atoms with van der Waals surface area (Å²) in [5.41, 5.74) is 0.831. The third-order valence-corrected chi connectivity index (χ3v) is 6.57. The van der Waals surface area contributed by atoms with Crippen LogP contribution in [0.1, 0.15) is 31.2 Å². The van der Waals surface area contributed by atoms with E-state index in [1.165, 1.54) is 6.92 Å². The molecule has 1 amide bonds. The summed E-state index contributed by atoms with van der Waals surface area (Å²) in [5.74, 6) is -0.911. The van der Waals surface area contributed by atoms with E-state index in [9.17, 15) is 14.4 Å². The molecule has 0 spiro atoms. The van der Waals surface area contributed by atoms with Crippen molar-refractivity contribution in [1.29, 1.82) is 0 Å². The van der Waals surface area contributed by atoms with Gasteiger partial charge in [-0.3, -0.25) is 9.59 Å². The molecule has 188 valence electrons. The van der Waals surface area contributed by atoms with Gasteiger partial charge in [-0.05, 0) is 36.6 Å². The van der Waals surface area contributed by atoms with Gasteiger partial charge in [0.15, 0.2) is 19.0 Å². The van der Waals surface area contributed by atoms with E-state index in [4.69, 9.17) is 24.1 Å². The number of hydrogen-bond acceptors (Lipinski definition) is 8. The second kappa shape index (κ2) is 10.9. The molecular weight excluding hydrogens is 534 g/mol. The quantitative estimate of drug-likeness (QED) is 0.413. The molecule has 1 aromatic heterocycles. The summed E-state index contributed by atoms with van der Waals surface area (Å²) in [6.45, 7) is 1.30. The van der Waals surface area contributed by atoms with E-state index < -0.39 is 24.0 Å². The van der Waals surface area contributed by atoms with Crippen LogP contribution in [0.5, 0.6) is 5.75 Å². The van der Waals surface area contributed by atoms with Crippen LogP contribution in [0.2, 0.25) is 0 Å². The van der Waals surface area contributed by atoms with Crippen molar-refractivity contribution in [2.75, 3.05) is 26.3 Å². The van der Waals surface area contributed by atoms with Gasteiger partial charge in [-0.15, -0.1) is 0 Å².